The van der Waals surface area contributed by atoms with Crippen molar-refractivity contribution in [1.29, 1.82) is 0 Å². The van der Waals surface area contributed by atoms with Gasteiger partial charge >= 0.3 is 0 Å². The van der Waals surface area contributed by atoms with E-state index in [0.717, 1.165) is 0 Å². The van der Waals surface area contributed by atoms with Crippen molar-refractivity contribution in [2.45, 2.75) is 5.92 Å². The fraction of sp³-hybridized carbons (Fsp3) is 0.300. The standard InChI is InChI=1S/C10H11ClF2N2O2/c11-6-1-2-8(16)7(3-6)9(17)15-5-10(12,13)4-14/h1-3,16H,4-5,14H2,(H,15,17). The van der Waals surface area contributed by atoms with Crippen molar-refractivity contribution in [3.05, 3.63) is 28.8 Å². The summed E-state index contributed by atoms with van der Waals surface area (Å²) in [5, 5.41) is 11.6. The molecule has 0 saturated carbocycles. The number of hydrogen-bond donors (Lipinski definition) is 3. The lowest BCUT2D eigenvalue weighted by Gasteiger charge is -2.14. The van der Waals surface area contributed by atoms with Crippen LogP contribution in [0.1, 0.15) is 10.4 Å². The second kappa shape index (κ2) is 5.29. The SMILES string of the molecule is NCC(F)(F)CNC(=O)c1cc(Cl)ccc1O. The minimum atomic E-state index is -3.18. The van der Waals surface area contributed by atoms with Gasteiger partial charge in [-0.3, -0.25) is 4.79 Å². The molecule has 1 aromatic carbocycles. The molecule has 0 spiro atoms. The van der Waals surface area contributed by atoms with Crippen LogP contribution in [0.5, 0.6) is 5.75 Å². The van der Waals surface area contributed by atoms with E-state index in [1.165, 1.54) is 18.2 Å². The first-order valence-corrected chi connectivity index (χ1v) is 5.08. The third-order valence-electron chi connectivity index (χ3n) is 2.01. The molecule has 0 bridgehead atoms. The van der Waals surface area contributed by atoms with Gasteiger partial charge in [-0.1, -0.05) is 11.6 Å². The van der Waals surface area contributed by atoms with Crippen LogP contribution in [-0.4, -0.2) is 30.0 Å². The third kappa shape index (κ3) is 3.83. The number of nitrogens with two attached hydrogens (primary N) is 1. The lowest BCUT2D eigenvalue weighted by Crippen LogP contribution is -2.41. The molecule has 4 nitrogen and oxygen atoms in total. The van der Waals surface area contributed by atoms with Crippen molar-refractivity contribution in [3.8, 4) is 5.75 Å². The predicted molar refractivity (Wildman–Crippen MR) is 59.5 cm³/mol. The van der Waals surface area contributed by atoms with E-state index in [1.54, 1.807) is 0 Å². The lowest BCUT2D eigenvalue weighted by molar-refractivity contribution is 0.0118. The fourth-order valence-corrected chi connectivity index (χ4v) is 1.24. The highest BCUT2D eigenvalue weighted by Crippen LogP contribution is 2.21. The van der Waals surface area contributed by atoms with Crippen molar-refractivity contribution < 1.29 is 18.7 Å². The minimum Gasteiger partial charge on any atom is -0.507 e. The number of halogens is 3. The van der Waals surface area contributed by atoms with Crippen LogP contribution in [0.4, 0.5) is 8.78 Å². The van der Waals surface area contributed by atoms with Crippen molar-refractivity contribution in [3.63, 3.8) is 0 Å². The third-order valence-corrected chi connectivity index (χ3v) is 2.24. The Hall–Kier alpha value is -1.40. The summed E-state index contributed by atoms with van der Waals surface area (Å²) < 4.78 is 25.6. The number of carbonyl (C=O) groups is 1. The van der Waals surface area contributed by atoms with Gasteiger partial charge in [-0.25, -0.2) is 8.78 Å². The first kappa shape index (κ1) is 13.7. The van der Waals surface area contributed by atoms with E-state index in [1.807, 2.05) is 5.32 Å². The molecule has 1 rings (SSSR count). The molecule has 0 aromatic heterocycles. The Bertz CT molecular complexity index is 427. The number of rotatable bonds is 4. The average Bonchev–Trinajstić information content (AvgIpc) is 2.29. The summed E-state index contributed by atoms with van der Waals surface area (Å²) >= 11 is 5.62. The number of amides is 1. The number of alkyl halides is 2. The highest BCUT2D eigenvalue weighted by Gasteiger charge is 2.27. The monoisotopic (exact) mass is 264 g/mol. The van der Waals surface area contributed by atoms with Gasteiger partial charge < -0.3 is 16.2 Å². The maximum atomic E-state index is 12.8. The number of aromatic hydroxyl groups is 1. The number of hydrogen-bond acceptors (Lipinski definition) is 3. The predicted octanol–water partition coefficient (Wildman–Crippen LogP) is 1.37. The van der Waals surface area contributed by atoms with Crippen LogP contribution in [-0.2, 0) is 0 Å². The second-order valence-electron chi connectivity index (χ2n) is 3.40. The molecular formula is C10H11ClF2N2O2. The number of benzene rings is 1. The maximum absolute atomic E-state index is 12.8. The molecule has 0 radical (unpaired) electrons. The molecule has 1 aromatic rings. The Labute approximate surface area is 101 Å². The van der Waals surface area contributed by atoms with Gasteiger partial charge in [0.1, 0.15) is 5.75 Å². The van der Waals surface area contributed by atoms with Gasteiger partial charge in [-0.15, -0.1) is 0 Å². The van der Waals surface area contributed by atoms with Gasteiger partial charge in [0.15, 0.2) is 0 Å². The van der Waals surface area contributed by atoms with Gasteiger partial charge in [-0.2, -0.15) is 0 Å². The molecule has 0 unspecified atom stereocenters. The topological polar surface area (TPSA) is 75.3 Å². The number of nitrogens with one attached hydrogen (secondary N) is 1. The van der Waals surface area contributed by atoms with Crippen molar-refractivity contribution in [2.24, 2.45) is 5.73 Å². The van der Waals surface area contributed by atoms with Crippen LogP contribution in [0.2, 0.25) is 5.02 Å². The summed E-state index contributed by atoms with van der Waals surface area (Å²) in [7, 11) is 0. The Kier molecular flexibility index (Phi) is 4.25. The summed E-state index contributed by atoms with van der Waals surface area (Å²) in [5.74, 6) is -4.34. The van der Waals surface area contributed by atoms with E-state index in [-0.39, 0.29) is 16.3 Å². The molecule has 0 fully saturated rings. The van der Waals surface area contributed by atoms with Crippen LogP contribution < -0.4 is 11.1 Å². The molecule has 94 valence electrons. The van der Waals surface area contributed by atoms with Crippen LogP contribution in [0.3, 0.4) is 0 Å². The molecule has 17 heavy (non-hydrogen) atoms. The lowest BCUT2D eigenvalue weighted by atomic mass is 10.2. The van der Waals surface area contributed by atoms with Crippen LogP contribution >= 0.6 is 11.6 Å². The highest BCUT2D eigenvalue weighted by molar-refractivity contribution is 6.31. The van der Waals surface area contributed by atoms with Crippen LogP contribution in [0.25, 0.3) is 0 Å². The minimum absolute atomic E-state index is 0.162. The van der Waals surface area contributed by atoms with Crippen LogP contribution in [0, 0.1) is 0 Å². The number of phenolic OH excluding ortho intramolecular Hbond substituents is 1. The van der Waals surface area contributed by atoms with E-state index in [9.17, 15) is 18.7 Å². The largest absolute Gasteiger partial charge is 0.507 e. The molecule has 1 amide bonds. The molecular weight excluding hydrogens is 254 g/mol. The molecule has 7 heteroatoms. The molecule has 0 aliphatic rings. The normalized spacial score (nSPS) is 11.3. The van der Waals surface area contributed by atoms with Gasteiger partial charge in [0.05, 0.1) is 18.7 Å². The van der Waals surface area contributed by atoms with Crippen molar-refractivity contribution >= 4 is 17.5 Å². The zero-order valence-corrected chi connectivity index (χ0v) is 9.47. The first-order chi connectivity index (χ1) is 7.85. The van der Waals surface area contributed by atoms with Crippen molar-refractivity contribution in [2.75, 3.05) is 13.1 Å². The van der Waals surface area contributed by atoms with Crippen LogP contribution in [0.15, 0.2) is 18.2 Å². The molecule has 0 saturated heterocycles. The van der Waals surface area contributed by atoms with Gasteiger partial charge in [-0.05, 0) is 18.2 Å². The number of carbonyl (C=O) groups excluding carboxylic acids is 1. The smallest absolute Gasteiger partial charge is 0.277 e. The van der Waals surface area contributed by atoms with Crippen molar-refractivity contribution in [1.82, 2.24) is 5.32 Å². The van der Waals surface area contributed by atoms with E-state index in [2.05, 4.69) is 0 Å². The molecule has 0 aliphatic carbocycles. The van der Waals surface area contributed by atoms with E-state index in [4.69, 9.17) is 17.3 Å². The summed E-state index contributed by atoms with van der Waals surface area (Å²) in [6, 6.07) is 3.77. The van der Waals surface area contributed by atoms with Gasteiger partial charge in [0, 0.05) is 5.02 Å². The summed E-state index contributed by atoms with van der Waals surface area (Å²) in [6.07, 6.45) is 0. The summed E-state index contributed by atoms with van der Waals surface area (Å²) in [6.45, 7) is -1.76. The fourth-order valence-electron chi connectivity index (χ4n) is 1.07. The Morgan fingerprint density at radius 1 is 1.53 bits per heavy atom. The van der Waals surface area contributed by atoms with Gasteiger partial charge in [0.25, 0.3) is 11.8 Å². The van der Waals surface area contributed by atoms with E-state index in [0.29, 0.717) is 0 Å². The quantitative estimate of drug-likeness (QED) is 0.769. The van der Waals surface area contributed by atoms with Gasteiger partial charge in [0.2, 0.25) is 0 Å². The summed E-state index contributed by atoms with van der Waals surface area (Å²) in [5.41, 5.74) is 4.65. The molecule has 4 N–H and O–H groups in total. The average molecular weight is 265 g/mol. The molecule has 0 aliphatic heterocycles. The summed E-state index contributed by atoms with van der Waals surface area (Å²) in [4.78, 5) is 11.5. The van der Waals surface area contributed by atoms with E-state index >= 15 is 0 Å². The second-order valence-corrected chi connectivity index (χ2v) is 3.84. The maximum Gasteiger partial charge on any atom is 0.277 e. The zero-order valence-electron chi connectivity index (χ0n) is 8.71. The zero-order chi connectivity index (χ0) is 13.1. The Morgan fingerprint density at radius 3 is 2.76 bits per heavy atom. The molecule has 0 heterocycles. The number of phenols is 1. The first-order valence-electron chi connectivity index (χ1n) is 4.70. The van der Waals surface area contributed by atoms with E-state index < -0.39 is 24.9 Å². The molecule has 0 atom stereocenters. The highest BCUT2D eigenvalue weighted by atomic mass is 35.5. The Morgan fingerprint density at radius 2 is 2.18 bits per heavy atom. The Balaban J connectivity index is 2.74.